The Balaban J connectivity index is 1.62. The van der Waals surface area contributed by atoms with Crippen LogP contribution in [0.25, 0.3) is 0 Å². The van der Waals surface area contributed by atoms with Crippen molar-refractivity contribution >= 4 is 55.2 Å². The third-order valence-electron chi connectivity index (χ3n) is 8.54. The van der Waals surface area contributed by atoms with Crippen LogP contribution in [-0.2, 0) is 32.8 Å². The Labute approximate surface area is 238 Å². The van der Waals surface area contributed by atoms with E-state index in [2.05, 4.69) is 43.4 Å². The number of carbonyl (C=O) groups is 3. The van der Waals surface area contributed by atoms with Crippen LogP contribution >= 0.6 is 0 Å². The molecule has 4 N–H and O–H groups in total. The van der Waals surface area contributed by atoms with Gasteiger partial charge in [0.1, 0.15) is 41.4 Å². The van der Waals surface area contributed by atoms with Gasteiger partial charge in [-0.1, -0.05) is 30.3 Å². The maximum Gasteiger partial charge on any atom is 0.255 e. The van der Waals surface area contributed by atoms with Gasteiger partial charge in [0.2, 0.25) is 5.91 Å². The SMILES string of the molecule is BC(B)(c1ccccc1CNc1cccc2c1CN(C(C(=O)NC)C(B)(O)C(B)(O)C=O)C2=O)N1CCOCC1. The summed E-state index contributed by atoms with van der Waals surface area (Å²) in [6.07, 6.45) is 0.180. The summed E-state index contributed by atoms with van der Waals surface area (Å²) in [4.78, 5) is 41.7. The molecule has 4 rings (SSSR count). The third-order valence-corrected chi connectivity index (χ3v) is 8.54. The zero-order chi connectivity index (χ0) is 29.3. The highest BCUT2D eigenvalue weighted by Gasteiger charge is 2.54. The molecule has 0 spiro atoms. The van der Waals surface area contributed by atoms with Crippen molar-refractivity contribution in [2.75, 3.05) is 38.7 Å². The van der Waals surface area contributed by atoms with Gasteiger partial charge in [-0.3, -0.25) is 9.59 Å². The van der Waals surface area contributed by atoms with Crippen LogP contribution in [0.5, 0.6) is 0 Å². The predicted octanol–water partition coefficient (Wildman–Crippen LogP) is -4.08. The molecule has 2 aromatic rings. The number of benzene rings is 2. The van der Waals surface area contributed by atoms with Gasteiger partial charge < -0.3 is 40.2 Å². The first-order valence-corrected chi connectivity index (χ1v) is 13.6. The molecule has 2 aliphatic rings. The Kier molecular flexibility index (Phi) is 8.56. The third kappa shape index (κ3) is 5.33. The Hall–Kier alpha value is -3.05. The largest absolute Gasteiger partial charge is 0.394 e. The second-order valence-electron chi connectivity index (χ2n) is 11.4. The summed E-state index contributed by atoms with van der Waals surface area (Å²) in [5, 5.41) is 27.6. The zero-order valence-electron chi connectivity index (χ0n) is 23.9. The fourth-order valence-electron chi connectivity index (χ4n) is 5.72. The highest BCUT2D eigenvalue weighted by molar-refractivity contribution is 6.39. The summed E-state index contributed by atoms with van der Waals surface area (Å²) < 4.78 is 5.55. The normalized spacial score (nSPS) is 19.7. The Morgan fingerprint density at radius 3 is 2.42 bits per heavy atom. The van der Waals surface area contributed by atoms with Crippen LogP contribution in [0.15, 0.2) is 42.5 Å². The van der Waals surface area contributed by atoms with E-state index in [0.717, 1.165) is 32.2 Å². The van der Waals surface area contributed by atoms with E-state index in [1.165, 1.54) is 25.4 Å². The van der Waals surface area contributed by atoms with E-state index in [-0.39, 0.29) is 18.2 Å². The van der Waals surface area contributed by atoms with Gasteiger partial charge in [0.25, 0.3) is 5.91 Å². The molecule has 40 heavy (non-hydrogen) atoms. The summed E-state index contributed by atoms with van der Waals surface area (Å²) in [6.45, 7) is 3.64. The molecule has 2 heterocycles. The van der Waals surface area contributed by atoms with Crippen molar-refractivity contribution in [3.05, 3.63) is 64.7 Å². The quantitative estimate of drug-likeness (QED) is 0.176. The van der Waals surface area contributed by atoms with Crippen molar-refractivity contribution in [1.82, 2.24) is 15.1 Å². The van der Waals surface area contributed by atoms with E-state index in [4.69, 9.17) is 4.74 Å². The molecule has 3 unspecified atom stereocenters. The van der Waals surface area contributed by atoms with E-state index >= 15 is 0 Å². The highest BCUT2D eigenvalue weighted by atomic mass is 16.5. The zero-order valence-corrected chi connectivity index (χ0v) is 23.9. The van der Waals surface area contributed by atoms with Gasteiger partial charge >= 0.3 is 0 Å². The molecule has 1 saturated heterocycles. The molecule has 2 aromatic carbocycles. The molecular weight excluding hydrogens is 508 g/mol. The lowest BCUT2D eigenvalue weighted by Crippen LogP contribution is -2.71. The van der Waals surface area contributed by atoms with Gasteiger partial charge in [0, 0.05) is 50.0 Å². The molecule has 14 heteroatoms. The van der Waals surface area contributed by atoms with Crippen molar-refractivity contribution < 1.29 is 29.3 Å². The fraction of sp³-hybridized carbons (Fsp3) is 0.423. The number of aldehydes is 1. The number of hydrogen-bond donors (Lipinski definition) is 4. The summed E-state index contributed by atoms with van der Waals surface area (Å²) in [5.74, 6) is -1.16. The number of carbonyl (C=O) groups excluding carboxylic acids is 3. The van der Waals surface area contributed by atoms with Crippen molar-refractivity contribution in [3.63, 3.8) is 0 Å². The average molecular weight is 544 g/mol. The number of nitrogens with one attached hydrogen (secondary N) is 2. The number of fused-ring (bicyclic) bond motifs is 1. The monoisotopic (exact) mass is 544 g/mol. The number of rotatable bonds is 10. The first kappa shape index (κ1) is 29.9. The van der Waals surface area contributed by atoms with E-state index in [9.17, 15) is 24.6 Å². The molecule has 208 valence electrons. The predicted molar refractivity (Wildman–Crippen MR) is 162 cm³/mol. The molecule has 0 saturated carbocycles. The lowest BCUT2D eigenvalue weighted by molar-refractivity contribution is -0.146. The molecule has 0 aliphatic carbocycles. The molecule has 1 fully saturated rings. The summed E-state index contributed by atoms with van der Waals surface area (Å²) in [5.41, 5.74) is -0.436. The van der Waals surface area contributed by atoms with Crippen LogP contribution < -0.4 is 10.6 Å². The van der Waals surface area contributed by atoms with Gasteiger partial charge in [0.05, 0.1) is 18.7 Å². The first-order valence-electron chi connectivity index (χ1n) is 13.6. The van der Waals surface area contributed by atoms with E-state index < -0.39 is 28.9 Å². The van der Waals surface area contributed by atoms with Crippen molar-refractivity contribution in [2.24, 2.45) is 0 Å². The van der Waals surface area contributed by atoms with Crippen molar-refractivity contribution in [3.8, 4) is 0 Å². The van der Waals surface area contributed by atoms with E-state index in [1.54, 1.807) is 12.1 Å². The standard InChI is InChI=1S/C26H36B4N4O6/c1-31-22(36)21(25(28,39)24(27,38)15-35)34-14-18-17(23(34)37)6-4-8-20(18)32-13-16-5-2-3-7-19(16)26(29,30)33-9-11-40-12-10-33/h2-8,15,21,32,38-39H,9-14,27-30H2,1H3,(H,31,36). The molecule has 0 bridgehead atoms. The lowest BCUT2D eigenvalue weighted by atomic mass is 9.55. The van der Waals surface area contributed by atoms with Crippen LogP contribution in [0.2, 0.25) is 0 Å². The number of ether oxygens (including phenoxy) is 1. The maximum absolute atomic E-state index is 13.5. The number of aliphatic hydroxyl groups is 2. The first-order chi connectivity index (χ1) is 18.9. The van der Waals surface area contributed by atoms with Crippen LogP contribution in [0.1, 0.15) is 27.0 Å². The number of likely N-dealkylation sites (N-methyl/N-ethyl adjacent to an activating group) is 1. The molecule has 3 atom stereocenters. The van der Waals surface area contributed by atoms with Gasteiger partial charge in [-0.05, 0) is 28.6 Å². The van der Waals surface area contributed by atoms with Crippen molar-refractivity contribution in [1.29, 1.82) is 0 Å². The topological polar surface area (TPSA) is 131 Å². The van der Waals surface area contributed by atoms with Crippen LogP contribution in [0.4, 0.5) is 5.69 Å². The van der Waals surface area contributed by atoms with Gasteiger partial charge in [0.15, 0.2) is 7.85 Å². The number of nitrogens with zero attached hydrogens (tertiary/aromatic N) is 2. The van der Waals surface area contributed by atoms with Crippen molar-refractivity contribution in [2.45, 2.75) is 35.5 Å². The van der Waals surface area contributed by atoms with Gasteiger partial charge in [-0.15, -0.1) is 0 Å². The average Bonchev–Trinajstić information content (AvgIpc) is 3.28. The van der Waals surface area contributed by atoms with E-state index in [1.807, 2.05) is 18.2 Å². The molecule has 0 aromatic heterocycles. The summed E-state index contributed by atoms with van der Waals surface area (Å²) >= 11 is 0. The maximum atomic E-state index is 13.5. The molecular formula is C26H36B4N4O6. The minimum Gasteiger partial charge on any atom is -0.394 e. The second kappa shape index (κ2) is 11.4. The van der Waals surface area contributed by atoms with Crippen LogP contribution in [-0.4, -0.2) is 120 Å². The smallest absolute Gasteiger partial charge is 0.255 e. The fourth-order valence-corrected chi connectivity index (χ4v) is 5.72. The second-order valence-corrected chi connectivity index (χ2v) is 11.4. The Morgan fingerprint density at radius 2 is 1.77 bits per heavy atom. The van der Waals surface area contributed by atoms with Gasteiger partial charge in [-0.25, -0.2) is 0 Å². The number of amides is 2. The number of morpholine rings is 1. The molecule has 0 radical (unpaired) electrons. The minimum atomic E-state index is -2.28. The minimum absolute atomic E-state index is 0.0153. The number of anilines is 1. The summed E-state index contributed by atoms with van der Waals surface area (Å²) in [6, 6.07) is 12.1. The van der Waals surface area contributed by atoms with Crippen LogP contribution in [0.3, 0.4) is 0 Å². The molecule has 2 aliphatic heterocycles. The summed E-state index contributed by atoms with van der Waals surface area (Å²) in [7, 11) is 8.11. The highest BCUT2D eigenvalue weighted by Crippen LogP contribution is 2.35. The lowest BCUT2D eigenvalue weighted by Gasteiger charge is -2.44. The van der Waals surface area contributed by atoms with E-state index in [0.29, 0.717) is 30.9 Å². The van der Waals surface area contributed by atoms with Gasteiger partial charge in [-0.2, -0.15) is 0 Å². The number of hydrogen-bond acceptors (Lipinski definition) is 8. The molecule has 2 amide bonds. The Bertz CT molecular complexity index is 1290. The van der Waals surface area contributed by atoms with Crippen LogP contribution in [0, 0.1) is 0 Å². The Morgan fingerprint density at radius 1 is 1.10 bits per heavy atom. The molecule has 10 nitrogen and oxygen atoms in total.